The molecule has 0 radical (unpaired) electrons. The summed E-state index contributed by atoms with van der Waals surface area (Å²) in [5, 5.41) is 20.0. The molecule has 8 nitrogen and oxygen atoms in total. The lowest BCUT2D eigenvalue weighted by atomic mass is 9.89. The number of benzene rings is 1. The molecule has 1 aromatic carbocycles. The summed E-state index contributed by atoms with van der Waals surface area (Å²) < 4.78 is 1.95. The van der Waals surface area contributed by atoms with Crippen LogP contribution in [0.3, 0.4) is 0 Å². The number of carboxylic acids is 1. The Bertz CT molecular complexity index is 1180. The van der Waals surface area contributed by atoms with Gasteiger partial charge in [0.25, 0.3) is 5.56 Å². The Balaban J connectivity index is 1.33. The molecule has 8 heteroatoms. The number of aliphatic hydroxyl groups is 1. The zero-order valence-electron chi connectivity index (χ0n) is 21.0. The number of carbonyl (C=O) groups is 1. The molecule has 1 aliphatic carbocycles. The normalized spacial score (nSPS) is 32.0. The summed E-state index contributed by atoms with van der Waals surface area (Å²) in [6.07, 6.45) is 13.8. The molecule has 3 saturated heterocycles. The number of β-amino-alcohol motifs (C(OH)–C–C–N with tert-alkyl or cyclic N) is 1. The largest absolute Gasteiger partial charge is 0.479 e. The van der Waals surface area contributed by atoms with Crippen LogP contribution in [0.5, 0.6) is 0 Å². The predicted molar refractivity (Wildman–Crippen MR) is 138 cm³/mol. The Morgan fingerprint density at radius 2 is 1.58 bits per heavy atom. The molecule has 6 rings (SSSR count). The number of anilines is 1. The molecule has 2 bridgehead atoms. The summed E-state index contributed by atoms with van der Waals surface area (Å²) >= 11 is 0. The van der Waals surface area contributed by atoms with E-state index in [-0.39, 0.29) is 30.4 Å². The number of aromatic nitrogens is 2. The summed E-state index contributed by atoms with van der Waals surface area (Å²) in [6, 6.07) is 9.61. The maximum Gasteiger partial charge on any atom is 0.337 e. The Morgan fingerprint density at radius 3 is 2.25 bits per heavy atom. The van der Waals surface area contributed by atoms with E-state index in [0.29, 0.717) is 24.7 Å². The third kappa shape index (κ3) is 4.12. The number of piperidine rings is 1. The molecule has 2 aromatic rings. The molecule has 0 amide bonds. The molecular formula is C28H38N4O4. The molecule has 1 saturated carbocycles. The number of para-hydroxylation sites is 2. The van der Waals surface area contributed by atoms with Crippen LogP contribution in [-0.4, -0.2) is 67.4 Å². The standard InChI is InChI=1S/C28H38N4O4/c33-26-25(30-15-14-28(36,18-30)27(34)35)29-23-10-6-7-11-24(23)32(26)22-16-20-12-13-21(17-22)31(20)19-8-4-2-1-3-5-9-19/h6-7,10-11,19-22,36H,1-5,8-9,12-18H2,(H,34,35)/t20-,21?,22?,28?/m0/s1. The second kappa shape index (κ2) is 9.45. The highest BCUT2D eigenvalue weighted by molar-refractivity contribution is 5.80. The van der Waals surface area contributed by atoms with Gasteiger partial charge >= 0.3 is 5.97 Å². The summed E-state index contributed by atoms with van der Waals surface area (Å²) in [6.45, 7) is 0.184. The smallest absolute Gasteiger partial charge is 0.337 e. The van der Waals surface area contributed by atoms with Crippen molar-refractivity contribution in [3.05, 3.63) is 34.6 Å². The van der Waals surface area contributed by atoms with Crippen molar-refractivity contribution in [2.24, 2.45) is 0 Å². The van der Waals surface area contributed by atoms with E-state index in [2.05, 4.69) is 9.88 Å². The van der Waals surface area contributed by atoms with Crippen molar-refractivity contribution in [2.45, 2.75) is 107 Å². The van der Waals surface area contributed by atoms with Crippen LogP contribution in [0.4, 0.5) is 5.82 Å². The third-order valence-electron chi connectivity index (χ3n) is 9.35. The van der Waals surface area contributed by atoms with Crippen LogP contribution in [-0.2, 0) is 4.79 Å². The van der Waals surface area contributed by atoms with E-state index in [9.17, 15) is 19.8 Å². The Kier molecular flexibility index (Phi) is 6.28. The number of fused-ring (bicyclic) bond motifs is 3. The van der Waals surface area contributed by atoms with Crippen LogP contribution < -0.4 is 10.5 Å². The van der Waals surface area contributed by atoms with E-state index in [1.54, 1.807) is 4.90 Å². The molecule has 36 heavy (non-hydrogen) atoms. The molecular weight excluding hydrogens is 456 g/mol. The average molecular weight is 495 g/mol. The fourth-order valence-electron chi connectivity index (χ4n) is 7.58. The monoisotopic (exact) mass is 494 g/mol. The lowest BCUT2D eigenvalue weighted by Gasteiger charge is -2.45. The van der Waals surface area contributed by atoms with Crippen molar-refractivity contribution < 1.29 is 15.0 Å². The van der Waals surface area contributed by atoms with Gasteiger partial charge in [-0.1, -0.05) is 44.2 Å². The van der Waals surface area contributed by atoms with Crippen LogP contribution in [0.2, 0.25) is 0 Å². The fourth-order valence-corrected chi connectivity index (χ4v) is 7.58. The fraction of sp³-hybridized carbons (Fsp3) is 0.679. The first kappa shape index (κ1) is 23.9. The molecule has 2 N–H and O–H groups in total. The topological polar surface area (TPSA) is 98.9 Å². The molecule has 3 aliphatic heterocycles. The number of rotatable bonds is 4. The van der Waals surface area contributed by atoms with Crippen molar-refractivity contribution in [3.8, 4) is 0 Å². The SMILES string of the molecule is O=C(O)C1(O)CCN(c2nc3ccccc3n(C3CC4CC[C@@H](C3)N4C3CCCCCCC3)c2=O)C1. The van der Waals surface area contributed by atoms with Crippen molar-refractivity contribution in [1.82, 2.24) is 14.5 Å². The van der Waals surface area contributed by atoms with Gasteiger partial charge in [0.05, 0.1) is 17.6 Å². The van der Waals surface area contributed by atoms with Gasteiger partial charge in [0.15, 0.2) is 11.4 Å². The van der Waals surface area contributed by atoms with Crippen molar-refractivity contribution in [3.63, 3.8) is 0 Å². The molecule has 4 heterocycles. The molecule has 194 valence electrons. The van der Waals surface area contributed by atoms with E-state index in [4.69, 9.17) is 0 Å². The number of hydrogen-bond acceptors (Lipinski definition) is 6. The van der Waals surface area contributed by atoms with Crippen LogP contribution in [0.25, 0.3) is 11.0 Å². The minimum Gasteiger partial charge on any atom is -0.479 e. The Labute approximate surface area is 211 Å². The van der Waals surface area contributed by atoms with Crippen LogP contribution in [0.1, 0.15) is 83.1 Å². The van der Waals surface area contributed by atoms with E-state index >= 15 is 0 Å². The van der Waals surface area contributed by atoms with Gasteiger partial charge in [0, 0.05) is 37.1 Å². The van der Waals surface area contributed by atoms with E-state index in [0.717, 1.165) is 23.9 Å². The maximum absolute atomic E-state index is 14.0. The first-order valence-corrected chi connectivity index (χ1v) is 13.9. The van der Waals surface area contributed by atoms with Crippen molar-refractivity contribution >= 4 is 22.8 Å². The first-order chi connectivity index (χ1) is 17.4. The summed E-state index contributed by atoms with van der Waals surface area (Å²) in [7, 11) is 0. The molecule has 3 unspecified atom stereocenters. The highest BCUT2D eigenvalue weighted by Gasteiger charge is 2.46. The van der Waals surface area contributed by atoms with Gasteiger partial charge in [0.2, 0.25) is 0 Å². The number of nitrogens with zero attached hydrogens (tertiary/aromatic N) is 4. The number of aliphatic carboxylic acids is 1. The summed E-state index contributed by atoms with van der Waals surface area (Å²) in [5.41, 5.74) is -0.408. The zero-order chi connectivity index (χ0) is 24.9. The zero-order valence-corrected chi connectivity index (χ0v) is 21.0. The van der Waals surface area contributed by atoms with E-state index in [1.807, 2.05) is 28.8 Å². The quantitative estimate of drug-likeness (QED) is 0.669. The van der Waals surface area contributed by atoms with Crippen LogP contribution in [0.15, 0.2) is 29.1 Å². The number of carboxylic acid groups (broad SMARTS) is 1. The Hall–Kier alpha value is -2.45. The highest BCUT2D eigenvalue weighted by atomic mass is 16.4. The van der Waals surface area contributed by atoms with Gasteiger partial charge in [-0.15, -0.1) is 0 Å². The second-order valence-corrected chi connectivity index (χ2v) is 11.6. The maximum atomic E-state index is 14.0. The highest BCUT2D eigenvalue weighted by Crippen LogP contribution is 2.44. The van der Waals surface area contributed by atoms with Crippen molar-refractivity contribution in [2.75, 3.05) is 18.0 Å². The van der Waals surface area contributed by atoms with E-state index < -0.39 is 11.6 Å². The summed E-state index contributed by atoms with van der Waals surface area (Å²) in [5.74, 6) is -0.982. The number of hydrogen-bond donors (Lipinski definition) is 2. The Morgan fingerprint density at radius 1 is 0.917 bits per heavy atom. The molecule has 4 fully saturated rings. The van der Waals surface area contributed by atoms with Crippen LogP contribution >= 0.6 is 0 Å². The molecule has 4 atom stereocenters. The van der Waals surface area contributed by atoms with Gasteiger partial charge in [-0.25, -0.2) is 9.78 Å². The molecule has 1 aromatic heterocycles. The van der Waals surface area contributed by atoms with E-state index in [1.165, 1.54) is 57.8 Å². The van der Waals surface area contributed by atoms with Crippen molar-refractivity contribution in [1.29, 1.82) is 0 Å². The van der Waals surface area contributed by atoms with Gasteiger partial charge < -0.3 is 19.7 Å². The average Bonchev–Trinajstić information content (AvgIpc) is 3.36. The van der Waals surface area contributed by atoms with Gasteiger partial charge in [-0.3, -0.25) is 9.69 Å². The second-order valence-electron chi connectivity index (χ2n) is 11.6. The van der Waals surface area contributed by atoms with Gasteiger partial charge in [0.1, 0.15) is 0 Å². The third-order valence-corrected chi connectivity index (χ3v) is 9.35. The first-order valence-electron chi connectivity index (χ1n) is 13.9. The summed E-state index contributed by atoms with van der Waals surface area (Å²) in [4.78, 5) is 34.8. The minimum absolute atomic E-state index is 0.0835. The van der Waals surface area contributed by atoms with Gasteiger partial charge in [-0.2, -0.15) is 0 Å². The predicted octanol–water partition coefficient (Wildman–Crippen LogP) is 3.70. The molecule has 4 aliphatic rings. The van der Waals surface area contributed by atoms with Crippen LogP contribution in [0, 0.1) is 0 Å². The lowest BCUT2D eigenvalue weighted by molar-refractivity contribution is -0.156. The minimum atomic E-state index is -1.84. The lowest BCUT2D eigenvalue weighted by Crippen LogP contribution is -2.50. The van der Waals surface area contributed by atoms with Gasteiger partial charge in [-0.05, 0) is 50.7 Å². The molecule has 0 spiro atoms.